The van der Waals surface area contributed by atoms with Gasteiger partial charge in [0.05, 0.1) is 9.75 Å². The Balaban J connectivity index is 2.32. The molecular formula is C11H12N2OS. The van der Waals surface area contributed by atoms with Gasteiger partial charge in [-0.1, -0.05) is 13.8 Å². The zero-order valence-electron chi connectivity index (χ0n) is 8.65. The maximum absolute atomic E-state index is 10.5. The molecular weight excluding hydrogens is 208 g/mol. The van der Waals surface area contributed by atoms with Crippen LogP contribution in [0.15, 0.2) is 18.2 Å². The fraction of sp³-hybridized carbons (Fsp3) is 0.273. The van der Waals surface area contributed by atoms with Crippen molar-refractivity contribution in [2.75, 3.05) is 0 Å². The Hall–Kier alpha value is -1.42. The quantitative estimate of drug-likeness (QED) is 0.808. The van der Waals surface area contributed by atoms with Crippen LogP contribution >= 0.6 is 11.3 Å². The molecule has 0 unspecified atom stereocenters. The minimum Gasteiger partial charge on any atom is -0.297 e. The Morgan fingerprint density at radius 2 is 2.27 bits per heavy atom. The number of hydrogen-bond acceptors (Lipinski definition) is 3. The van der Waals surface area contributed by atoms with Crippen LogP contribution < -0.4 is 0 Å². The van der Waals surface area contributed by atoms with Gasteiger partial charge in [-0.2, -0.15) is 5.10 Å². The van der Waals surface area contributed by atoms with E-state index >= 15 is 0 Å². The number of H-pyrrole nitrogens is 1. The van der Waals surface area contributed by atoms with Crippen molar-refractivity contribution in [3.63, 3.8) is 0 Å². The van der Waals surface area contributed by atoms with Crippen LogP contribution in [-0.4, -0.2) is 16.5 Å². The Labute approximate surface area is 92.1 Å². The molecule has 0 atom stereocenters. The summed E-state index contributed by atoms with van der Waals surface area (Å²) in [4.78, 5) is 12.3. The van der Waals surface area contributed by atoms with Gasteiger partial charge in [-0.3, -0.25) is 9.89 Å². The molecule has 2 rings (SSSR count). The summed E-state index contributed by atoms with van der Waals surface area (Å²) in [6, 6.07) is 5.77. The first-order valence-electron chi connectivity index (χ1n) is 4.81. The maximum Gasteiger partial charge on any atom is 0.160 e. The van der Waals surface area contributed by atoms with Crippen LogP contribution in [0, 0.1) is 0 Å². The van der Waals surface area contributed by atoms with Gasteiger partial charge in [-0.05, 0) is 24.1 Å². The van der Waals surface area contributed by atoms with Crippen molar-refractivity contribution in [3.8, 4) is 10.6 Å². The van der Waals surface area contributed by atoms with Crippen molar-refractivity contribution in [3.05, 3.63) is 28.8 Å². The van der Waals surface area contributed by atoms with E-state index in [0.717, 1.165) is 27.4 Å². The highest BCUT2D eigenvalue weighted by Crippen LogP contribution is 2.27. The van der Waals surface area contributed by atoms with Crippen LogP contribution in [0.5, 0.6) is 0 Å². The summed E-state index contributed by atoms with van der Waals surface area (Å²) in [5, 5.41) is 7.22. The molecule has 0 amide bonds. The van der Waals surface area contributed by atoms with E-state index in [2.05, 4.69) is 24.0 Å². The fourth-order valence-electron chi connectivity index (χ4n) is 1.31. The normalized spacial score (nSPS) is 10.9. The topological polar surface area (TPSA) is 45.8 Å². The zero-order valence-corrected chi connectivity index (χ0v) is 9.47. The third-order valence-corrected chi connectivity index (χ3v) is 3.25. The van der Waals surface area contributed by atoms with Gasteiger partial charge in [0.25, 0.3) is 0 Å². The van der Waals surface area contributed by atoms with E-state index in [4.69, 9.17) is 0 Å². The predicted molar refractivity (Wildman–Crippen MR) is 61.4 cm³/mol. The molecule has 2 aromatic rings. The Bertz CT molecular complexity index is 470. The molecule has 4 heteroatoms. The lowest BCUT2D eigenvalue weighted by Crippen LogP contribution is -1.85. The molecule has 78 valence electrons. The minimum atomic E-state index is 0.441. The number of hydrogen-bond donors (Lipinski definition) is 1. The number of carbonyl (C=O) groups excluding carboxylic acids is 1. The van der Waals surface area contributed by atoms with Crippen LogP contribution in [0.1, 0.15) is 35.1 Å². The highest BCUT2D eigenvalue weighted by atomic mass is 32.1. The second-order valence-corrected chi connectivity index (χ2v) is 4.80. The average molecular weight is 220 g/mol. The van der Waals surface area contributed by atoms with Gasteiger partial charge in [0.2, 0.25) is 0 Å². The predicted octanol–water partition coefficient (Wildman–Crippen LogP) is 3.07. The monoisotopic (exact) mass is 220 g/mol. The van der Waals surface area contributed by atoms with E-state index in [9.17, 15) is 4.79 Å². The fourth-order valence-corrected chi connectivity index (χ4v) is 2.10. The van der Waals surface area contributed by atoms with Crippen LogP contribution in [0.3, 0.4) is 0 Å². The lowest BCUT2D eigenvalue weighted by atomic mass is 10.1. The van der Waals surface area contributed by atoms with Crippen LogP contribution in [-0.2, 0) is 0 Å². The molecule has 2 aromatic heterocycles. The molecule has 0 saturated carbocycles. The number of aromatic amines is 1. The summed E-state index contributed by atoms with van der Waals surface area (Å²) >= 11 is 1.46. The van der Waals surface area contributed by atoms with E-state index < -0.39 is 0 Å². The van der Waals surface area contributed by atoms with E-state index in [1.165, 1.54) is 11.3 Å². The number of carbonyl (C=O) groups is 1. The number of aromatic nitrogens is 2. The summed E-state index contributed by atoms with van der Waals surface area (Å²) in [7, 11) is 0. The van der Waals surface area contributed by atoms with Crippen molar-refractivity contribution >= 4 is 17.6 Å². The molecule has 0 aromatic carbocycles. The number of aldehydes is 1. The highest BCUT2D eigenvalue weighted by Gasteiger charge is 2.08. The molecule has 0 aliphatic carbocycles. The largest absolute Gasteiger partial charge is 0.297 e. The van der Waals surface area contributed by atoms with Crippen LogP contribution in [0.2, 0.25) is 0 Å². The van der Waals surface area contributed by atoms with Gasteiger partial charge in [-0.15, -0.1) is 11.3 Å². The van der Waals surface area contributed by atoms with Gasteiger partial charge < -0.3 is 0 Å². The lowest BCUT2D eigenvalue weighted by Gasteiger charge is -1.96. The number of rotatable bonds is 3. The van der Waals surface area contributed by atoms with E-state index in [1.54, 1.807) is 0 Å². The average Bonchev–Trinajstić information content (AvgIpc) is 2.86. The van der Waals surface area contributed by atoms with E-state index in [-0.39, 0.29) is 0 Å². The third-order valence-electron chi connectivity index (χ3n) is 2.22. The Morgan fingerprint density at radius 1 is 1.47 bits per heavy atom. The van der Waals surface area contributed by atoms with Gasteiger partial charge >= 0.3 is 0 Å². The standard InChI is InChI=1S/C11H12N2OS/c1-7(2)9-5-10(13-12-9)11-4-3-8(6-14)15-11/h3-7H,1-2H3,(H,12,13). The first-order valence-corrected chi connectivity index (χ1v) is 5.63. The molecule has 0 aliphatic rings. The first kappa shape index (κ1) is 10.1. The van der Waals surface area contributed by atoms with E-state index in [0.29, 0.717) is 5.92 Å². The molecule has 0 saturated heterocycles. The van der Waals surface area contributed by atoms with E-state index in [1.807, 2.05) is 18.2 Å². The van der Waals surface area contributed by atoms with Crippen molar-refractivity contribution in [2.45, 2.75) is 19.8 Å². The summed E-state index contributed by atoms with van der Waals surface area (Å²) in [6.07, 6.45) is 0.865. The SMILES string of the molecule is CC(C)c1cc(-c2ccc(C=O)s2)n[nH]1. The highest BCUT2D eigenvalue weighted by molar-refractivity contribution is 7.17. The molecule has 0 bridgehead atoms. The molecule has 0 fully saturated rings. The van der Waals surface area contributed by atoms with Gasteiger partial charge in [0.1, 0.15) is 5.69 Å². The Kier molecular flexibility index (Phi) is 2.68. The number of nitrogens with zero attached hydrogens (tertiary/aromatic N) is 1. The second kappa shape index (κ2) is 3.98. The lowest BCUT2D eigenvalue weighted by molar-refractivity contribution is 0.112. The first-order chi connectivity index (χ1) is 7.20. The van der Waals surface area contributed by atoms with Crippen molar-refractivity contribution in [2.24, 2.45) is 0 Å². The van der Waals surface area contributed by atoms with Crippen molar-refractivity contribution < 1.29 is 4.79 Å². The van der Waals surface area contributed by atoms with Gasteiger partial charge in [-0.25, -0.2) is 0 Å². The molecule has 15 heavy (non-hydrogen) atoms. The zero-order chi connectivity index (χ0) is 10.8. The summed E-state index contributed by atoms with van der Waals surface area (Å²) in [5.41, 5.74) is 2.03. The summed E-state index contributed by atoms with van der Waals surface area (Å²) in [5.74, 6) is 0.441. The Morgan fingerprint density at radius 3 is 2.80 bits per heavy atom. The van der Waals surface area contributed by atoms with Crippen molar-refractivity contribution in [1.82, 2.24) is 10.2 Å². The van der Waals surface area contributed by atoms with Crippen LogP contribution in [0.4, 0.5) is 0 Å². The smallest absolute Gasteiger partial charge is 0.160 e. The number of nitrogens with one attached hydrogen (secondary N) is 1. The number of thiophene rings is 1. The maximum atomic E-state index is 10.5. The molecule has 3 nitrogen and oxygen atoms in total. The van der Waals surface area contributed by atoms with Gasteiger partial charge in [0.15, 0.2) is 6.29 Å². The summed E-state index contributed by atoms with van der Waals surface area (Å²) < 4.78 is 0. The third kappa shape index (κ3) is 1.99. The molecule has 0 spiro atoms. The van der Waals surface area contributed by atoms with Gasteiger partial charge in [0, 0.05) is 5.69 Å². The molecule has 2 heterocycles. The van der Waals surface area contributed by atoms with Crippen molar-refractivity contribution in [1.29, 1.82) is 0 Å². The molecule has 1 N–H and O–H groups in total. The van der Waals surface area contributed by atoms with Crippen LogP contribution in [0.25, 0.3) is 10.6 Å². The summed E-state index contributed by atoms with van der Waals surface area (Å²) in [6.45, 7) is 4.23. The molecule has 0 radical (unpaired) electrons. The minimum absolute atomic E-state index is 0.441. The molecule has 0 aliphatic heterocycles. The second-order valence-electron chi connectivity index (χ2n) is 3.68.